The Balaban J connectivity index is 1.88. The zero-order valence-corrected chi connectivity index (χ0v) is 12.5. The number of nitrogen functional groups attached to an aromatic ring is 1. The number of nitro groups is 1. The van der Waals surface area contributed by atoms with E-state index in [1.807, 2.05) is 0 Å². The summed E-state index contributed by atoms with van der Waals surface area (Å²) in [5, 5.41) is 14.2. The van der Waals surface area contributed by atoms with Crippen LogP contribution in [-0.4, -0.2) is 17.6 Å². The molecule has 0 aromatic heterocycles. The predicted molar refractivity (Wildman–Crippen MR) is 84.6 cm³/mol. The Morgan fingerprint density at radius 2 is 2.00 bits per heavy atom. The number of ether oxygens (including phenoxy) is 1. The fraction of sp³-hybridized carbons (Fsp3) is 0.250. The second kappa shape index (κ2) is 6.40. The summed E-state index contributed by atoms with van der Waals surface area (Å²) in [4.78, 5) is 10.6. The van der Waals surface area contributed by atoms with Gasteiger partial charge in [-0.05, 0) is 36.2 Å². The molecule has 1 aliphatic heterocycles. The van der Waals surface area contributed by atoms with E-state index in [1.54, 1.807) is 0 Å². The highest BCUT2D eigenvalue weighted by Gasteiger charge is 2.31. The quantitative estimate of drug-likeness (QED) is 0.508. The maximum atomic E-state index is 13.5. The number of rotatable bonds is 4. The number of hydrogen-bond donors (Lipinski definition) is 2. The van der Waals surface area contributed by atoms with Crippen molar-refractivity contribution in [1.29, 1.82) is 0 Å². The van der Waals surface area contributed by atoms with Crippen molar-refractivity contribution in [3.05, 3.63) is 63.7 Å². The molecule has 0 radical (unpaired) electrons. The molecular weight excluding hydrogens is 320 g/mol. The average Bonchev–Trinajstić information content (AvgIpc) is 2.98. The summed E-state index contributed by atoms with van der Waals surface area (Å²) >= 11 is 0. The monoisotopic (exact) mass is 335 g/mol. The maximum absolute atomic E-state index is 13.5. The first-order chi connectivity index (χ1) is 11.5. The van der Waals surface area contributed by atoms with Crippen molar-refractivity contribution in [3.8, 4) is 0 Å². The van der Waals surface area contributed by atoms with Crippen molar-refractivity contribution in [1.82, 2.24) is 0 Å². The molecule has 1 heterocycles. The highest BCUT2D eigenvalue weighted by atomic mass is 19.2. The van der Waals surface area contributed by atoms with Crippen LogP contribution in [0.15, 0.2) is 36.4 Å². The van der Waals surface area contributed by atoms with E-state index in [0.29, 0.717) is 24.3 Å². The lowest BCUT2D eigenvalue weighted by molar-refractivity contribution is -0.384. The van der Waals surface area contributed by atoms with Gasteiger partial charge in [0.2, 0.25) is 0 Å². The Hall–Kier alpha value is -2.74. The van der Waals surface area contributed by atoms with Crippen LogP contribution >= 0.6 is 0 Å². The van der Waals surface area contributed by atoms with E-state index >= 15 is 0 Å². The van der Waals surface area contributed by atoms with Crippen LogP contribution in [0.1, 0.15) is 18.1 Å². The molecule has 1 saturated heterocycles. The van der Waals surface area contributed by atoms with Crippen LogP contribution in [0.4, 0.5) is 25.8 Å². The van der Waals surface area contributed by atoms with Gasteiger partial charge >= 0.3 is 0 Å². The van der Waals surface area contributed by atoms with Crippen LogP contribution in [-0.2, 0) is 4.74 Å². The van der Waals surface area contributed by atoms with Gasteiger partial charge in [-0.2, -0.15) is 0 Å². The minimum Gasteiger partial charge on any atom is -0.399 e. The molecule has 0 amide bonds. The molecule has 8 heteroatoms. The van der Waals surface area contributed by atoms with Gasteiger partial charge in [-0.25, -0.2) is 8.78 Å². The lowest BCUT2D eigenvalue weighted by Gasteiger charge is -2.21. The van der Waals surface area contributed by atoms with Crippen LogP contribution in [0.2, 0.25) is 0 Å². The molecule has 6 nitrogen and oxygen atoms in total. The molecule has 1 fully saturated rings. The van der Waals surface area contributed by atoms with Gasteiger partial charge in [0.25, 0.3) is 5.69 Å². The van der Waals surface area contributed by atoms with Crippen LogP contribution in [0.5, 0.6) is 0 Å². The summed E-state index contributed by atoms with van der Waals surface area (Å²) < 4.78 is 32.1. The van der Waals surface area contributed by atoms with E-state index in [1.165, 1.54) is 24.3 Å². The molecule has 2 atom stereocenters. The van der Waals surface area contributed by atoms with E-state index in [-0.39, 0.29) is 17.4 Å². The third-order valence-electron chi connectivity index (χ3n) is 3.92. The Bertz CT molecular complexity index is 785. The number of benzene rings is 2. The number of nitro benzene ring substituents is 1. The summed E-state index contributed by atoms with van der Waals surface area (Å²) in [5.41, 5.74) is 6.70. The van der Waals surface area contributed by atoms with Gasteiger partial charge in [-0.15, -0.1) is 0 Å². The van der Waals surface area contributed by atoms with Gasteiger partial charge in [0.15, 0.2) is 11.6 Å². The Labute approximate surface area is 136 Å². The standard InChI is InChI=1S/C16H15F2N3O3/c17-11-3-1-9(7-12(11)18)16-13(5-6-24-16)20-14-8-10(19)2-4-15(14)21(22)23/h1-4,7-8,13,16,20H,5-6,19H2/t13-,16-/m1/s1. The molecule has 2 aromatic carbocycles. The van der Waals surface area contributed by atoms with Gasteiger partial charge in [0.05, 0.1) is 11.0 Å². The third-order valence-corrected chi connectivity index (χ3v) is 3.92. The Morgan fingerprint density at radius 3 is 2.71 bits per heavy atom. The molecule has 1 aliphatic rings. The molecule has 0 spiro atoms. The van der Waals surface area contributed by atoms with Gasteiger partial charge < -0.3 is 15.8 Å². The summed E-state index contributed by atoms with van der Waals surface area (Å²) in [6.45, 7) is 0.400. The van der Waals surface area contributed by atoms with E-state index in [9.17, 15) is 18.9 Å². The molecular formula is C16H15F2N3O3. The fourth-order valence-corrected chi connectivity index (χ4v) is 2.78. The van der Waals surface area contributed by atoms with Crippen molar-refractivity contribution in [2.75, 3.05) is 17.7 Å². The van der Waals surface area contributed by atoms with E-state index < -0.39 is 22.7 Å². The molecule has 3 rings (SSSR count). The number of nitrogens with zero attached hydrogens (tertiary/aromatic N) is 1. The van der Waals surface area contributed by atoms with Crippen LogP contribution in [0.3, 0.4) is 0 Å². The number of anilines is 2. The topological polar surface area (TPSA) is 90.4 Å². The molecule has 0 saturated carbocycles. The van der Waals surface area contributed by atoms with Gasteiger partial charge in [0, 0.05) is 18.4 Å². The lowest BCUT2D eigenvalue weighted by Crippen LogP contribution is -2.24. The zero-order chi connectivity index (χ0) is 17.3. The number of halogens is 2. The summed E-state index contributed by atoms with van der Waals surface area (Å²) in [5.74, 6) is -1.90. The van der Waals surface area contributed by atoms with Crippen molar-refractivity contribution < 1.29 is 18.4 Å². The second-order valence-electron chi connectivity index (χ2n) is 5.54. The molecule has 3 N–H and O–H groups in total. The van der Waals surface area contributed by atoms with Gasteiger partial charge in [-0.1, -0.05) is 6.07 Å². The van der Waals surface area contributed by atoms with Crippen molar-refractivity contribution >= 4 is 17.1 Å². The van der Waals surface area contributed by atoms with Gasteiger partial charge in [0.1, 0.15) is 11.8 Å². The summed E-state index contributed by atoms with van der Waals surface area (Å²) in [6, 6.07) is 7.47. The zero-order valence-electron chi connectivity index (χ0n) is 12.5. The van der Waals surface area contributed by atoms with Crippen LogP contribution in [0, 0.1) is 21.7 Å². The SMILES string of the molecule is Nc1ccc([N+](=O)[O-])c(N[C@@H]2CCO[C@@H]2c2ccc(F)c(F)c2)c1. The normalized spacial score (nSPS) is 20.1. The van der Waals surface area contributed by atoms with Crippen LogP contribution < -0.4 is 11.1 Å². The highest BCUT2D eigenvalue weighted by molar-refractivity contribution is 5.67. The summed E-state index contributed by atoms with van der Waals surface area (Å²) in [7, 11) is 0. The largest absolute Gasteiger partial charge is 0.399 e. The van der Waals surface area contributed by atoms with Crippen molar-refractivity contribution in [2.45, 2.75) is 18.6 Å². The smallest absolute Gasteiger partial charge is 0.292 e. The molecule has 2 aromatic rings. The first kappa shape index (κ1) is 16.1. The molecule has 0 bridgehead atoms. The average molecular weight is 335 g/mol. The van der Waals surface area contributed by atoms with Gasteiger partial charge in [-0.3, -0.25) is 10.1 Å². The van der Waals surface area contributed by atoms with E-state index in [0.717, 1.165) is 12.1 Å². The first-order valence-electron chi connectivity index (χ1n) is 7.32. The number of hydrogen-bond acceptors (Lipinski definition) is 5. The maximum Gasteiger partial charge on any atom is 0.292 e. The first-order valence-corrected chi connectivity index (χ1v) is 7.32. The number of nitrogens with two attached hydrogens (primary N) is 1. The summed E-state index contributed by atoms with van der Waals surface area (Å²) in [6.07, 6.45) is 0.0245. The van der Waals surface area contributed by atoms with Crippen molar-refractivity contribution in [3.63, 3.8) is 0 Å². The van der Waals surface area contributed by atoms with Crippen molar-refractivity contribution in [2.24, 2.45) is 0 Å². The molecule has 0 aliphatic carbocycles. The molecule has 0 unspecified atom stereocenters. The van der Waals surface area contributed by atoms with E-state index in [2.05, 4.69) is 5.32 Å². The number of nitrogens with one attached hydrogen (secondary N) is 1. The second-order valence-corrected chi connectivity index (χ2v) is 5.54. The fourth-order valence-electron chi connectivity index (χ4n) is 2.78. The Morgan fingerprint density at radius 1 is 1.21 bits per heavy atom. The predicted octanol–water partition coefficient (Wildman–Crippen LogP) is 3.40. The molecule has 126 valence electrons. The minimum absolute atomic E-state index is 0.111. The van der Waals surface area contributed by atoms with Crippen LogP contribution in [0.25, 0.3) is 0 Å². The van der Waals surface area contributed by atoms with E-state index in [4.69, 9.17) is 10.5 Å². The molecule has 24 heavy (non-hydrogen) atoms. The Kier molecular flexibility index (Phi) is 4.30. The third kappa shape index (κ3) is 3.13. The lowest BCUT2D eigenvalue weighted by atomic mass is 10.0. The minimum atomic E-state index is -0.961. The highest BCUT2D eigenvalue weighted by Crippen LogP contribution is 2.35.